The van der Waals surface area contributed by atoms with Gasteiger partial charge in [-0.15, -0.1) is 0 Å². The molecule has 2 fully saturated rings. The van der Waals surface area contributed by atoms with E-state index < -0.39 is 74.1 Å². The second-order valence-electron chi connectivity index (χ2n) is 13.8. The fraction of sp³-hybridized carbons (Fsp3) is 0.556. The Morgan fingerprint density at radius 2 is 1.73 bits per heavy atom. The maximum atomic E-state index is 14.6. The second-order valence-corrected chi connectivity index (χ2v) is 15.5. The Morgan fingerprint density at radius 3 is 2.40 bits per heavy atom. The summed E-state index contributed by atoms with van der Waals surface area (Å²) < 4.78 is 56.8. The monoisotopic (exact) mass is 785 g/mol. The van der Waals surface area contributed by atoms with Gasteiger partial charge in [0.1, 0.15) is 42.4 Å². The Morgan fingerprint density at radius 1 is 1.04 bits per heavy atom. The molecule has 19 heteroatoms. The summed E-state index contributed by atoms with van der Waals surface area (Å²) in [6.45, 7) is 10.7. The largest absolute Gasteiger partial charge is 0.464 e. The van der Waals surface area contributed by atoms with Crippen LogP contribution in [-0.4, -0.2) is 107 Å². The number of nitrogens with two attached hydrogens (primary N) is 1. The minimum Gasteiger partial charge on any atom is -0.464 e. The SMILES string of the molecule is CC(C)C(=O)O[C@H]1[C@H](c2ccc3c(N)ncnn23)O[C@](C#N)(COP(=O)(N[C@@H](C)C(=O)OCCCN2CCOCC2)Oc2ccccc2)[C@H]1OC(=O)C(C)C. The molecule has 3 aromatic rings. The molecule has 2 aliphatic rings. The Kier molecular flexibility index (Phi) is 13.8. The average molecular weight is 786 g/mol. The summed E-state index contributed by atoms with van der Waals surface area (Å²) in [6, 6.07) is 12.1. The van der Waals surface area contributed by atoms with E-state index in [1.807, 2.05) is 6.07 Å². The number of nitriles is 1. The van der Waals surface area contributed by atoms with Crippen molar-refractivity contribution in [2.45, 2.75) is 71.0 Å². The Balaban J connectivity index is 1.44. The van der Waals surface area contributed by atoms with Crippen LogP contribution in [-0.2, 0) is 47.2 Å². The molecule has 298 valence electrons. The van der Waals surface area contributed by atoms with Gasteiger partial charge in [-0.25, -0.2) is 14.1 Å². The summed E-state index contributed by atoms with van der Waals surface area (Å²) in [4.78, 5) is 45.7. The molecule has 0 aliphatic carbocycles. The van der Waals surface area contributed by atoms with Gasteiger partial charge in [0.2, 0.25) is 5.60 Å². The molecule has 1 aromatic carbocycles. The number of nitrogen functional groups attached to an aromatic ring is 1. The van der Waals surface area contributed by atoms with Gasteiger partial charge in [0.15, 0.2) is 18.0 Å². The van der Waals surface area contributed by atoms with Gasteiger partial charge in [0.25, 0.3) is 0 Å². The van der Waals surface area contributed by atoms with Gasteiger partial charge in [0.05, 0.1) is 37.4 Å². The number of anilines is 1. The number of aromatic nitrogens is 3. The molecular weight excluding hydrogens is 737 g/mol. The Hall–Kier alpha value is -4.63. The molecule has 0 radical (unpaired) electrons. The van der Waals surface area contributed by atoms with Gasteiger partial charge < -0.3 is 33.9 Å². The van der Waals surface area contributed by atoms with Crippen LogP contribution in [0.4, 0.5) is 5.82 Å². The number of hydrogen-bond acceptors (Lipinski definition) is 16. The van der Waals surface area contributed by atoms with Crippen LogP contribution in [0.25, 0.3) is 5.52 Å². The van der Waals surface area contributed by atoms with Crippen molar-refractivity contribution < 1.29 is 51.7 Å². The predicted molar refractivity (Wildman–Crippen MR) is 195 cm³/mol. The third kappa shape index (κ3) is 10.2. The van der Waals surface area contributed by atoms with Crippen molar-refractivity contribution in [3.05, 3.63) is 54.5 Å². The zero-order valence-electron chi connectivity index (χ0n) is 31.5. The molecule has 0 bridgehead atoms. The van der Waals surface area contributed by atoms with E-state index in [1.54, 1.807) is 58.0 Å². The van der Waals surface area contributed by atoms with Crippen molar-refractivity contribution in [2.75, 3.05) is 51.8 Å². The fourth-order valence-electron chi connectivity index (χ4n) is 5.85. The lowest BCUT2D eigenvalue weighted by molar-refractivity contribution is -0.173. The average Bonchev–Trinajstić information content (AvgIpc) is 3.73. The maximum absolute atomic E-state index is 14.6. The molecule has 6 atom stereocenters. The lowest BCUT2D eigenvalue weighted by atomic mass is 9.95. The van der Waals surface area contributed by atoms with Crippen LogP contribution in [0.3, 0.4) is 0 Å². The van der Waals surface area contributed by atoms with E-state index in [-0.39, 0.29) is 23.9 Å². The van der Waals surface area contributed by atoms with Crippen molar-refractivity contribution in [1.29, 1.82) is 5.26 Å². The van der Waals surface area contributed by atoms with Crippen LogP contribution < -0.4 is 15.3 Å². The van der Waals surface area contributed by atoms with Crippen molar-refractivity contribution in [3.8, 4) is 11.8 Å². The van der Waals surface area contributed by atoms with Crippen molar-refractivity contribution >= 4 is 37.0 Å². The summed E-state index contributed by atoms with van der Waals surface area (Å²) in [5.74, 6) is -3.17. The third-order valence-corrected chi connectivity index (χ3v) is 10.5. The predicted octanol–water partition coefficient (Wildman–Crippen LogP) is 3.23. The molecule has 55 heavy (non-hydrogen) atoms. The first kappa shape index (κ1) is 41.5. The Labute approximate surface area is 319 Å². The van der Waals surface area contributed by atoms with Gasteiger partial charge in [-0.3, -0.25) is 23.8 Å². The van der Waals surface area contributed by atoms with E-state index >= 15 is 0 Å². The highest BCUT2D eigenvalue weighted by Crippen LogP contribution is 2.50. The Bertz CT molecular complexity index is 1880. The third-order valence-electron chi connectivity index (χ3n) is 8.91. The first-order valence-electron chi connectivity index (χ1n) is 18.1. The number of esters is 3. The molecule has 0 spiro atoms. The number of morpholine rings is 1. The highest BCUT2D eigenvalue weighted by atomic mass is 31.2. The van der Waals surface area contributed by atoms with Crippen molar-refractivity contribution in [2.24, 2.45) is 11.8 Å². The molecule has 2 saturated heterocycles. The molecule has 3 N–H and O–H groups in total. The van der Waals surface area contributed by atoms with Crippen molar-refractivity contribution in [3.63, 3.8) is 0 Å². The van der Waals surface area contributed by atoms with E-state index in [4.69, 9.17) is 38.5 Å². The number of nitrogens with one attached hydrogen (secondary N) is 1. The van der Waals surface area contributed by atoms with Gasteiger partial charge in [0, 0.05) is 19.6 Å². The number of fused-ring (bicyclic) bond motifs is 1. The lowest BCUT2D eigenvalue weighted by Crippen LogP contribution is -2.50. The number of nitrogens with zero attached hydrogens (tertiary/aromatic N) is 5. The quantitative estimate of drug-likeness (QED) is 0.0866. The first-order valence-corrected chi connectivity index (χ1v) is 19.6. The van der Waals surface area contributed by atoms with E-state index in [0.29, 0.717) is 31.7 Å². The molecule has 4 heterocycles. The van der Waals surface area contributed by atoms with Crippen LogP contribution >= 0.6 is 7.75 Å². The first-order chi connectivity index (χ1) is 26.3. The lowest BCUT2D eigenvalue weighted by Gasteiger charge is -2.31. The summed E-state index contributed by atoms with van der Waals surface area (Å²) in [6.07, 6.45) is -2.55. The highest BCUT2D eigenvalue weighted by molar-refractivity contribution is 7.52. The maximum Gasteiger partial charge on any atom is 0.459 e. The van der Waals surface area contributed by atoms with Gasteiger partial charge in [-0.2, -0.15) is 15.4 Å². The number of rotatable bonds is 17. The van der Waals surface area contributed by atoms with E-state index in [1.165, 1.54) is 29.9 Å². The number of benzene rings is 1. The van der Waals surface area contributed by atoms with Crippen molar-refractivity contribution in [1.82, 2.24) is 24.6 Å². The number of carbonyl (C=O) groups is 3. The van der Waals surface area contributed by atoms with E-state index in [0.717, 1.165) is 13.1 Å². The van der Waals surface area contributed by atoms with E-state index in [9.17, 15) is 24.2 Å². The zero-order chi connectivity index (χ0) is 39.8. The minimum atomic E-state index is -4.58. The molecule has 2 aliphatic heterocycles. The molecule has 0 amide bonds. The van der Waals surface area contributed by atoms with Gasteiger partial charge >= 0.3 is 25.7 Å². The highest BCUT2D eigenvalue weighted by Gasteiger charge is 2.62. The molecule has 18 nitrogen and oxygen atoms in total. The molecular formula is C36H48N7O11P. The van der Waals surface area contributed by atoms with Crippen LogP contribution in [0.5, 0.6) is 5.75 Å². The number of hydrogen-bond donors (Lipinski definition) is 2. The second kappa shape index (κ2) is 18.3. The number of carbonyl (C=O) groups excluding carboxylic acids is 3. The number of para-hydroxylation sites is 1. The smallest absolute Gasteiger partial charge is 0.459 e. The van der Waals surface area contributed by atoms with Gasteiger partial charge in [-0.1, -0.05) is 45.9 Å². The van der Waals surface area contributed by atoms with Crippen LogP contribution in [0.1, 0.15) is 52.8 Å². The van der Waals surface area contributed by atoms with Crippen LogP contribution in [0, 0.1) is 23.2 Å². The minimum absolute atomic E-state index is 0.115. The standard InChI is InChI=1S/C36H48N7O11P/c1-23(2)33(44)51-30-29(27-12-13-28-32(38)39-22-40-43(27)28)53-36(20-37,31(30)52-34(45)24(3)4)21-50-55(47,54-26-10-7-6-8-11-26)41-25(5)35(46)49-17-9-14-42-15-18-48-19-16-42/h6-8,10-13,22-25,29-31H,9,14-19,21H2,1-5H3,(H,41,47)(H2,38,39,40)/t25-,29-,30-,31-,36+,55?/m0/s1. The summed E-state index contributed by atoms with van der Waals surface area (Å²) in [7, 11) is -4.58. The number of ether oxygens (including phenoxy) is 5. The van der Waals surface area contributed by atoms with Crippen LogP contribution in [0.15, 0.2) is 48.8 Å². The summed E-state index contributed by atoms with van der Waals surface area (Å²) in [5.41, 5.74) is 4.49. The molecule has 0 saturated carbocycles. The molecule has 2 aromatic heterocycles. The molecule has 1 unspecified atom stereocenters. The van der Waals surface area contributed by atoms with Crippen LogP contribution in [0.2, 0.25) is 0 Å². The summed E-state index contributed by atoms with van der Waals surface area (Å²) >= 11 is 0. The van der Waals surface area contributed by atoms with Gasteiger partial charge in [-0.05, 0) is 37.6 Å². The normalized spacial score (nSPS) is 23.2. The summed E-state index contributed by atoms with van der Waals surface area (Å²) in [5, 5.41) is 17.8. The zero-order valence-corrected chi connectivity index (χ0v) is 32.4. The fourth-order valence-corrected chi connectivity index (χ4v) is 7.37. The topological polar surface area (TPSA) is 228 Å². The van der Waals surface area contributed by atoms with E-state index in [2.05, 4.69) is 20.1 Å². The molecule has 5 rings (SSSR count).